The highest BCUT2D eigenvalue weighted by molar-refractivity contribution is 6.74. The number of allylic oxidation sites excluding steroid dienone is 11. The lowest BCUT2D eigenvalue weighted by atomic mass is 9.96. The van der Waals surface area contributed by atoms with Gasteiger partial charge in [0.25, 0.3) is 0 Å². The van der Waals surface area contributed by atoms with E-state index in [9.17, 15) is 14.4 Å². The van der Waals surface area contributed by atoms with Crippen molar-refractivity contribution in [2.45, 2.75) is 117 Å². The Bertz CT molecular complexity index is 1480. The lowest BCUT2D eigenvalue weighted by molar-refractivity contribution is -0.142. The molecule has 6 atom stereocenters. The minimum atomic E-state index is -2.12. The summed E-state index contributed by atoms with van der Waals surface area (Å²) in [5, 5.41) is 5.48. The van der Waals surface area contributed by atoms with E-state index in [1.165, 1.54) is 6.08 Å². The van der Waals surface area contributed by atoms with Gasteiger partial charge in [0, 0.05) is 32.8 Å². The molecule has 0 spiro atoms. The summed E-state index contributed by atoms with van der Waals surface area (Å²) in [4.78, 5) is 37.5. The fourth-order valence-corrected chi connectivity index (χ4v) is 6.09. The molecule has 0 aromatic rings. The molecule has 0 aromatic carbocycles. The summed E-state index contributed by atoms with van der Waals surface area (Å²) in [6.07, 6.45) is 32.0. The number of esters is 1. The highest BCUT2D eigenvalue weighted by atomic mass is 28.4. The van der Waals surface area contributed by atoms with Gasteiger partial charge in [-0.15, -0.1) is 0 Å². The fraction of sp³-hybridized carbons (Fsp3) is 0.533. The first-order valence-electron chi connectivity index (χ1n) is 19.4. The molecular formula is C45H70N2O7Si. The van der Waals surface area contributed by atoms with E-state index in [1.807, 2.05) is 89.3 Å². The SMILES string of the molecule is CO[C@@H]1/C=C(C)/C=C/[C@@H](C)/C=C/C(=O)O[C@H](/C(C)=C/C=C(\C)CNC(=O)[C@H](CO[Si](C)(C)C(C)(C)C)NC=O)[C@@H](C)/C=C/C=C/[C@@H](OC)CC/C=C\C=C\C1. The monoisotopic (exact) mass is 778 g/mol. The molecule has 0 aromatic heterocycles. The van der Waals surface area contributed by atoms with Gasteiger partial charge in [0.05, 0.1) is 18.8 Å². The number of hydrogen-bond acceptors (Lipinski definition) is 7. The van der Waals surface area contributed by atoms with Crippen LogP contribution >= 0.6 is 0 Å². The first-order chi connectivity index (χ1) is 25.9. The summed E-state index contributed by atoms with van der Waals surface area (Å²) in [6, 6.07) is -0.801. The fourth-order valence-electron chi connectivity index (χ4n) is 5.07. The number of methoxy groups -OCH3 is 2. The zero-order chi connectivity index (χ0) is 41.4. The van der Waals surface area contributed by atoms with Crippen LogP contribution in [0.15, 0.2) is 108 Å². The topological polar surface area (TPSA) is 112 Å². The second-order valence-corrected chi connectivity index (χ2v) is 20.6. The van der Waals surface area contributed by atoms with Crippen molar-refractivity contribution in [3.05, 3.63) is 108 Å². The predicted molar refractivity (Wildman–Crippen MR) is 229 cm³/mol. The molecule has 0 radical (unpaired) electrons. The molecule has 0 bridgehead atoms. The molecule has 2 N–H and O–H groups in total. The highest BCUT2D eigenvalue weighted by Crippen LogP contribution is 2.36. The predicted octanol–water partition coefficient (Wildman–Crippen LogP) is 8.81. The zero-order valence-electron chi connectivity index (χ0n) is 35.6. The molecular weight excluding hydrogens is 709 g/mol. The van der Waals surface area contributed by atoms with Crippen LogP contribution in [0.3, 0.4) is 0 Å². The Morgan fingerprint density at radius 1 is 0.964 bits per heavy atom. The summed E-state index contributed by atoms with van der Waals surface area (Å²) in [7, 11) is 1.30. The quantitative estimate of drug-likeness (QED) is 0.0882. The Labute approximate surface area is 333 Å². The molecule has 0 aliphatic carbocycles. The Hall–Kier alpha value is -3.83. The molecule has 2 amide bonds. The smallest absolute Gasteiger partial charge is 0.331 e. The van der Waals surface area contributed by atoms with Crippen LogP contribution in [0.2, 0.25) is 18.1 Å². The normalized spacial score (nSPS) is 28.2. The van der Waals surface area contributed by atoms with Crippen LogP contribution < -0.4 is 10.6 Å². The van der Waals surface area contributed by atoms with Crippen molar-refractivity contribution < 1.29 is 33.0 Å². The van der Waals surface area contributed by atoms with Gasteiger partial charge in [-0.25, -0.2) is 4.79 Å². The summed E-state index contributed by atoms with van der Waals surface area (Å²) in [5.74, 6) is -0.907. The number of hydrogen-bond donors (Lipinski definition) is 2. The average Bonchev–Trinajstić information content (AvgIpc) is 3.13. The molecule has 1 heterocycles. The maximum absolute atomic E-state index is 13.2. The standard InChI is InChI=1S/C45H70N2O7Si/c1-34-24-25-35(2)30-40(52-10)23-17-15-13-14-16-21-39(51-9)22-19-18-20-37(4)43(54-42(49)29-27-34)38(5)28-26-36(3)31-46-44(50)41(47-33-48)32-53-55(11,12)45(6,7)8/h13-15,17-20,22,24-30,33-34,37,39-41,43H,16,21,23,31-32H2,1-12H3,(H,46,50)(H,47,48)/b14-13-,17-15+,20-18+,22-19+,25-24+,29-27+,35-30+,36-26+,38-28+/t34-,37+,39+,40+,41+,43+/m1/s1. The molecule has 0 saturated carbocycles. The molecule has 1 rings (SSSR count). The van der Waals surface area contributed by atoms with Crippen LogP contribution in [-0.4, -0.2) is 78.3 Å². The van der Waals surface area contributed by atoms with E-state index < -0.39 is 26.4 Å². The third-order valence-electron chi connectivity index (χ3n) is 9.82. The number of amides is 2. The van der Waals surface area contributed by atoms with Gasteiger partial charge in [0.2, 0.25) is 12.3 Å². The van der Waals surface area contributed by atoms with Crippen LogP contribution in [0, 0.1) is 11.8 Å². The number of carbonyl (C=O) groups excluding carboxylic acids is 3. The van der Waals surface area contributed by atoms with Gasteiger partial charge >= 0.3 is 5.97 Å². The summed E-state index contributed by atoms with van der Waals surface area (Å²) >= 11 is 0. The Morgan fingerprint density at radius 3 is 2.27 bits per heavy atom. The van der Waals surface area contributed by atoms with Gasteiger partial charge < -0.3 is 29.3 Å². The summed E-state index contributed by atoms with van der Waals surface area (Å²) in [6.45, 7) is 20.8. The van der Waals surface area contributed by atoms with E-state index in [1.54, 1.807) is 14.2 Å². The first-order valence-corrected chi connectivity index (χ1v) is 22.3. The molecule has 55 heavy (non-hydrogen) atoms. The second-order valence-electron chi connectivity index (χ2n) is 15.7. The number of cyclic esters (lactones) is 1. The van der Waals surface area contributed by atoms with Crippen LogP contribution in [0.1, 0.15) is 74.7 Å². The van der Waals surface area contributed by atoms with Crippen molar-refractivity contribution >= 4 is 26.6 Å². The van der Waals surface area contributed by atoms with Gasteiger partial charge in [-0.05, 0) is 69.7 Å². The molecule has 10 heteroatoms. The van der Waals surface area contributed by atoms with Crippen LogP contribution in [-0.2, 0) is 33.0 Å². The van der Waals surface area contributed by atoms with Crippen molar-refractivity contribution in [2.75, 3.05) is 27.4 Å². The van der Waals surface area contributed by atoms with E-state index in [-0.39, 0.29) is 48.1 Å². The highest BCUT2D eigenvalue weighted by Gasteiger charge is 2.38. The number of carbonyl (C=O) groups is 3. The molecule has 0 saturated heterocycles. The minimum absolute atomic E-state index is 0.000475. The summed E-state index contributed by atoms with van der Waals surface area (Å²) < 4.78 is 23.6. The Morgan fingerprint density at radius 2 is 1.62 bits per heavy atom. The van der Waals surface area contributed by atoms with Crippen LogP contribution in [0.5, 0.6) is 0 Å². The van der Waals surface area contributed by atoms with Gasteiger partial charge in [-0.1, -0.05) is 131 Å². The van der Waals surface area contributed by atoms with Crippen molar-refractivity contribution in [2.24, 2.45) is 11.8 Å². The van der Waals surface area contributed by atoms with E-state index in [0.717, 1.165) is 36.0 Å². The largest absolute Gasteiger partial charge is 0.454 e. The van der Waals surface area contributed by atoms with E-state index in [4.69, 9.17) is 18.6 Å². The lowest BCUT2D eigenvalue weighted by Gasteiger charge is -2.37. The van der Waals surface area contributed by atoms with Gasteiger partial charge in [-0.2, -0.15) is 0 Å². The van der Waals surface area contributed by atoms with E-state index >= 15 is 0 Å². The first kappa shape index (κ1) is 49.2. The van der Waals surface area contributed by atoms with Crippen LogP contribution in [0.25, 0.3) is 0 Å². The third-order valence-corrected chi connectivity index (χ3v) is 14.3. The molecule has 1 aliphatic heterocycles. The Balaban J connectivity index is 3.26. The van der Waals surface area contributed by atoms with Crippen molar-refractivity contribution in [1.82, 2.24) is 10.6 Å². The van der Waals surface area contributed by atoms with Crippen molar-refractivity contribution in [1.29, 1.82) is 0 Å². The van der Waals surface area contributed by atoms with Gasteiger partial charge in [-0.3, -0.25) is 9.59 Å². The minimum Gasteiger partial charge on any atom is -0.454 e. The lowest BCUT2D eigenvalue weighted by Crippen LogP contribution is -2.50. The molecule has 9 nitrogen and oxygen atoms in total. The molecule has 0 fully saturated rings. The van der Waals surface area contributed by atoms with Gasteiger partial charge in [0.15, 0.2) is 8.32 Å². The molecule has 306 valence electrons. The number of nitrogens with one attached hydrogen (secondary N) is 2. The number of ether oxygens (including phenoxy) is 3. The number of rotatable bonds is 12. The van der Waals surface area contributed by atoms with Crippen molar-refractivity contribution in [3.63, 3.8) is 0 Å². The second kappa shape index (κ2) is 26.1. The van der Waals surface area contributed by atoms with E-state index in [2.05, 4.69) is 74.9 Å². The Kier molecular flexibility index (Phi) is 23.3. The molecule has 1 aliphatic rings. The van der Waals surface area contributed by atoms with Gasteiger partial charge in [0.1, 0.15) is 12.1 Å². The average molecular weight is 779 g/mol. The van der Waals surface area contributed by atoms with Crippen LogP contribution in [0.4, 0.5) is 0 Å². The maximum Gasteiger partial charge on any atom is 0.331 e. The maximum atomic E-state index is 13.2. The zero-order valence-corrected chi connectivity index (χ0v) is 36.6. The third kappa shape index (κ3) is 20.6. The summed E-state index contributed by atoms with van der Waals surface area (Å²) in [5.41, 5.74) is 2.79. The van der Waals surface area contributed by atoms with E-state index in [0.29, 0.717) is 6.41 Å². The van der Waals surface area contributed by atoms with Crippen molar-refractivity contribution in [3.8, 4) is 0 Å². The molecule has 0 unspecified atom stereocenters.